The zero-order valence-corrected chi connectivity index (χ0v) is 8.29. The maximum absolute atomic E-state index is 12.8. The second-order valence-corrected chi connectivity index (χ2v) is 3.50. The number of rotatable bonds is 3. The molecule has 0 radical (unpaired) electrons. The molecule has 76 valence electrons. The normalized spacial score (nSPS) is 9.93. The number of carbonyl (C=O) groups is 1. The molecule has 1 amide bonds. The number of nitrogens with zero attached hydrogens (tertiary/aromatic N) is 2. The molecule has 0 fully saturated rings. The molecule has 0 bridgehead atoms. The van der Waals surface area contributed by atoms with Crippen molar-refractivity contribution in [2.75, 3.05) is 5.32 Å². The Balaban J connectivity index is 2.32. The van der Waals surface area contributed by atoms with Crippen LogP contribution in [0.5, 0.6) is 0 Å². The molecule has 0 aliphatic heterocycles. The highest BCUT2D eigenvalue weighted by molar-refractivity contribution is 7.14. The molecule has 2 aromatic rings. The van der Waals surface area contributed by atoms with Gasteiger partial charge in [0.25, 0.3) is 0 Å². The van der Waals surface area contributed by atoms with Gasteiger partial charge in [-0.3, -0.25) is 4.79 Å². The lowest BCUT2D eigenvalue weighted by Crippen LogP contribution is -1.93. The topological polar surface area (TPSA) is 54.9 Å². The van der Waals surface area contributed by atoms with Gasteiger partial charge in [-0.25, -0.2) is 9.97 Å². The van der Waals surface area contributed by atoms with E-state index in [-0.39, 0.29) is 0 Å². The van der Waals surface area contributed by atoms with E-state index in [1.165, 1.54) is 17.4 Å². The number of carbonyl (C=O) groups excluding carboxylic acids is 1. The van der Waals surface area contributed by atoms with Crippen LogP contribution in [-0.4, -0.2) is 16.4 Å². The number of anilines is 1. The van der Waals surface area contributed by atoms with Crippen LogP contribution in [0.15, 0.2) is 23.6 Å². The van der Waals surface area contributed by atoms with E-state index < -0.39 is 5.95 Å². The lowest BCUT2D eigenvalue weighted by atomic mass is 10.3. The van der Waals surface area contributed by atoms with Crippen LogP contribution in [0.2, 0.25) is 0 Å². The molecule has 6 heteroatoms. The van der Waals surface area contributed by atoms with Crippen molar-refractivity contribution in [2.45, 2.75) is 0 Å². The Bertz CT molecular complexity index is 486. The standard InChI is InChI=1S/C9H6FN3OS/c10-8-3-1-2-6(12-8)7-4-15-9(13-7)11-5-14/h1-5H,(H,11,13,14). The van der Waals surface area contributed by atoms with Gasteiger partial charge >= 0.3 is 0 Å². The maximum Gasteiger partial charge on any atom is 0.213 e. The Kier molecular flexibility index (Phi) is 2.68. The molecule has 0 aromatic carbocycles. The summed E-state index contributed by atoms with van der Waals surface area (Å²) >= 11 is 1.26. The van der Waals surface area contributed by atoms with Gasteiger partial charge in [0.05, 0.1) is 5.69 Å². The number of hydrogen-bond donors (Lipinski definition) is 1. The minimum absolute atomic E-state index is 0.449. The largest absolute Gasteiger partial charge is 0.305 e. The summed E-state index contributed by atoms with van der Waals surface area (Å²) in [5, 5.41) is 4.58. The summed E-state index contributed by atoms with van der Waals surface area (Å²) in [4.78, 5) is 17.9. The number of halogens is 1. The van der Waals surface area contributed by atoms with Gasteiger partial charge in [0.1, 0.15) is 5.69 Å². The van der Waals surface area contributed by atoms with Gasteiger partial charge in [0, 0.05) is 5.38 Å². The summed E-state index contributed by atoms with van der Waals surface area (Å²) in [5.74, 6) is -0.551. The predicted molar refractivity (Wildman–Crippen MR) is 55.0 cm³/mol. The van der Waals surface area contributed by atoms with Gasteiger partial charge in [0.2, 0.25) is 12.4 Å². The Morgan fingerprint density at radius 1 is 1.33 bits per heavy atom. The fourth-order valence-electron chi connectivity index (χ4n) is 1.06. The van der Waals surface area contributed by atoms with Crippen molar-refractivity contribution < 1.29 is 9.18 Å². The molecule has 2 aromatic heterocycles. The Hall–Kier alpha value is -1.82. The molecule has 1 N–H and O–H groups in total. The van der Waals surface area contributed by atoms with Gasteiger partial charge in [-0.15, -0.1) is 11.3 Å². The van der Waals surface area contributed by atoms with E-state index in [1.54, 1.807) is 17.5 Å². The van der Waals surface area contributed by atoms with Crippen molar-refractivity contribution in [3.05, 3.63) is 29.5 Å². The Morgan fingerprint density at radius 3 is 2.93 bits per heavy atom. The van der Waals surface area contributed by atoms with E-state index in [9.17, 15) is 9.18 Å². The molecular formula is C9H6FN3OS. The van der Waals surface area contributed by atoms with Crippen LogP contribution in [0.4, 0.5) is 9.52 Å². The summed E-state index contributed by atoms with van der Waals surface area (Å²) in [6.07, 6.45) is 0.543. The van der Waals surface area contributed by atoms with Crippen molar-refractivity contribution in [1.82, 2.24) is 9.97 Å². The fraction of sp³-hybridized carbons (Fsp3) is 0. The lowest BCUT2D eigenvalue weighted by Gasteiger charge is -1.94. The molecule has 2 rings (SSSR count). The van der Waals surface area contributed by atoms with Crippen LogP contribution in [0.3, 0.4) is 0 Å². The average molecular weight is 223 g/mol. The molecule has 0 aliphatic carbocycles. The maximum atomic E-state index is 12.8. The first kappa shape index (κ1) is 9.72. The first-order valence-electron chi connectivity index (χ1n) is 4.08. The molecule has 4 nitrogen and oxygen atoms in total. The highest BCUT2D eigenvalue weighted by Crippen LogP contribution is 2.22. The van der Waals surface area contributed by atoms with Gasteiger partial charge in [-0.05, 0) is 12.1 Å². The van der Waals surface area contributed by atoms with Crippen LogP contribution < -0.4 is 5.32 Å². The second-order valence-electron chi connectivity index (χ2n) is 2.65. The third kappa shape index (κ3) is 2.16. The Labute approximate surface area is 88.8 Å². The number of pyridine rings is 1. The molecule has 15 heavy (non-hydrogen) atoms. The van der Waals surface area contributed by atoms with E-state index in [0.29, 0.717) is 22.9 Å². The molecule has 0 saturated heterocycles. The van der Waals surface area contributed by atoms with Crippen LogP contribution >= 0.6 is 11.3 Å². The fourth-order valence-corrected chi connectivity index (χ4v) is 1.72. The molecule has 0 atom stereocenters. The first-order chi connectivity index (χ1) is 7.29. The van der Waals surface area contributed by atoms with Crippen LogP contribution in [0, 0.1) is 5.95 Å². The van der Waals surface area contributed by atoms with Gasteiger partial charge in [-0.1, -0.05) is 6.07 Å². The van der Waals surface area contributed by atoms with Crippen molar-refractivity contribution in [2.24, 2.45) is 0 Å². The molecule has 0 spiro atoms. The van der Waals surface area contributed by atoms with E-state index >= 15 is 0 Å². The zero-order chi connectivity index (χ0) is 10.7. The quantitative estimate of drug-likeness (QED) is 0.638. The third-order valence-corrected chi connectivity index (χ3v) is 2.44. The van der Waals surface area contributed by atoms with Gasteiger partial charge in [-0.2, -0.15) is 4.39 Å². The van der Waals surface area contributed by atoms with E-state index in [4.69, 9.17) is 0 Å². The van der Waals surface area contributed by atoms with E-state index in [0.717, 1.165) is 0 Å². The van der Waals surface area contributed by atoms with Gasteiger partial charge < -0.3 is 5.32 Å². The Morgan fingerprint density at radius 2 is 2.20 bits per heavy atom. The third-order valence-electron chi connectivity index (χ3n) is 1.66. The minimum atomic E-state index is -0.551. The van der Waals surface area contributed by atoms with E-state index in [2.05, 4.69) is 15.3 Å². The van der Waals surface area contributed by atoms with Crippen molar-refractivity contribution in [3.63, 3.8) is 0 Å². The molecule has 0 saturated carbocycles. The minimum Gasteiger partial charge on any atom is -0.305 e. The monoisotopic (exact) mass is 223 g/mol. The predicted octanol–water partition coefficient (Wildman–Crippen LogP) is 1.91. The summed E-state index contributed by atoms with van der Waals surface area (Å²) in [6, 6.07) is 4.48. The molecule has 0 unspecified atom stereocenters. The summed E-state index contributed by atoms with van der Waals surface area (Å²) in [5.41, 5.74) is 0.994. The number of nitrogens with one attached hydrogen (secondary N) is 1. The molecular weight excluding hydrogens is 217 g/mol. The van der Waals surface area contributed by atoms with Crippen molar-refractivity contribution >= 4 is 22.9 Å². The lowest BCUT2D eigenvalue weighted by molar-refractivity contribution is -0.105. The highest BCUT2D eigenvalue weighted by atomic mass is 32.1. The number of aromatic nitrogens is 2. The number of hydrogen-bond acceptors (Lipinski definition) is 4. The SMILES string of the molecule is O=CNc1nc(-c2cccc(F)n2)cs1. The first-order valence-corrected chi connectivity index (χ1v) is 4.96. The van der Waals surface area contributed by atoms with Crippen LogP contribution in [0.1, 0.15) is 0 Å². The highest BCUT2D eigenvalue weighted by Gasteiger charge is 2.05. The second kappa shape index (κ2) is 4.14. The zero-order valence-electron chi connectivity index (χ0n) is 7.48. The summed E-state index contributed by atoms with van der Waals surface area (Å²) < 4.78 is 12.8. The van der Waals surface area contributed by atoms with E-state index in [1.807, 2.05) is 0 Å². The van der Waals surface area contributed by atoms with Crippen LogP contribution in [-0.2, 0) is 4.79 Å². The average Bonchev–Trinajstić information content (AvgIpc) is 2.67. The van der Waals surface area contributed by atoms with Crippen molar-refractivity contribution in [3.8, 4) is 11.4 Å². The summed E-state index contributed by atoms with van der Waals surface area (Å²) in [6.45, 7) is 0. The molecule has 2 heterocycles. The van der Waals surface area contributed by atoms with Crippen molar-refractivity contribution in [1.29, 1.82) is 0 Å². The summed E-state index contributed by atoms with van der Waals surface area (Å²) in [7, 11) is 0. The number of thiazole rings is 1. The number of amides is 1. The molecule has 0 aliphatic rings. The van der Waals surface area contributed by atoms with Gasteiger partial charge in [0.15, 0.2) is 5.13 Å². The van der Waals surface area contributed by atoms with Crippen LogP contribution in [0.25, 0.3) is 11.4 Å². The smallest absolute Gasteiger partial charge is 0.213 e.